The van der Waals surface area contributed by atoms with Gasteiger partial charge in [0.15, 0.2) is 5.76 Å². The molecule has 1 amide bonds. The van der Waals surface area contributed by atoms with E-state index in [1.165, 1.54) is 0 Å². The lowest BCUT2D eigenvalue weighted by Gasteiger charge is -2.18. The summed E-state index contributed by atoms with van der Waals surface area (Å²) in [5.74, 6) is 1.53. The van der Waals surface area contributed by atoms with Crippen molar-refractivity contribution in [1.82, 2.24) is 10.1 Å². The molecule has 0 saturated carbocycles. The maximum Gasteiger partial charge on any atom is 0.259 e. The van der Waals surface area contributed by atoms with Crippen LogP contribution in [0.15, 0.2) is 28.8 Å². The molecule has 1 aromatic heterocycles. The van der Waals surface area contributed by atoms with E-state index in [-0.39, 0.29) is 11.8 Å². The second-order valence-corrected chi connectivity index (χ2v) is 5.90. The fourth-order valence-electron chi connectivity index (χ4n) is 2.44. The molecule has 0 aliphatic carbocycles. The largest absolute Gasteiger partial charge is 0.494 e. The fourth-order valence-corrected chi connectivity index (χ4v) is 2.44. The van der Waals surface area contributed by atoms with Crippen molar-refractivity contribution < 1.29 is 14.1 Å². The monoisotopic (exact) mass is 316 g/mol. The lowest BCUT2D eigenvalue weighted by atomic mass is 10.0. The van der Waals surface area contributed by atoms with Gasteiger partial charge in [-0.25, -0.2) is 0 Å². The van der Waals surface area contributed by atoms with Crippen molar-refractivity contribution >= 4 is 5.91 Å². The van der Waals surface area contributed by atoms with Gasteiger partial charge in [0.05, 0.1) is 12.3 Å². The molecule has 0 N–H and O–H groups in total. The Hall–Kier alpha value is -2.30. The summed E-state index contributed by atoms with van der Waals surface area (Å²) in [6, 6.07) is 7.78. The number of hydrogen-bond donors (Lipinski definition) is 0. The van der Waals surface area contributed by atoms with Gasteiger partial charge in [0.1, 0.15) is 11.3 Å². The highest BCUT2D eigenvalue weighted by Crippen LogP contribution is 2.24. The minimum Gasteiger partial charge on any atom is -0.494 e. The summed E-state index contributed by atoms with van der Waals surface area (Å²) in [6.07, 6.45) is 0. The van der Waals surface area contributed by atoms with Crippen LogP contribution in [0.3, 0.4) is 0 Å². The third-order valence-electron chi connectivity index (χ3n) is 3.63. The average Bonchev–Trinajstić information content (AvgIpc) is 2.90. The van der Waals surface area contributed by atoms with Crippen LogP contribution in [0.1, 0.15) is 54.1 Å². The molecule has 0 atom stereocenters. The summed E-state index contributed by atoms with van der Waals surface area (Å²) < 4.78 is 10.7. The van der Waals surface area contributed by atoms with Gasteiger partial charge >= 0.3 is 0 Å². The van der Waals surface area contributed by atoms with Crippen molar-refractivity contribution in [1.29, 1.82) is 0 Å². The molecular formula is C18H24N2O3. The van der Waals surface area contributed by atoms with Crippen molar-refractivity contribution in [3.63, 3.8) is 0 Å². The first-order valence-corrected chi connectivity index (χ1v) is 7.87. The Bertz CT molecular complexity index is 659. The fraction of sp³-hybridized carbons (Fsp3) is 0.444. The maximum absolute atomic E-state index is 12.7. The molecule has 1 aromatic carbocycles. The second kappa shape index (κ2) is 7.31. The summed E-state index contributed by atoms with van der Waals surface area (Å²) in [4.78, 5) is 14.4. The normalized spacial score (nSPS) is 10.9. The van der Waals surface area contributed by atoms with Gasteiger partial charge in [-0.15, -0.1) is 0 Å². The van der Waals surface area contributed by atoms with E-state index in [0.717, 1.165) is 11.3 Å². The van der Waals surface area contributed by atoms with Gasteiger partial charge in [0.25, 0.3) is 5.91 Å². The first kappa shape index (κ1) is 17.1. The molecule has 23 heavy (non-hydrogen) atoms. The number of aryl methyl sites for hydroxylation is 1. The van der Waals surface area contributed by atoms with Gasteiger partial charge in [-0.1, -0.05) is 31.1 Å². The van der Waals surface area contributed by atoms with E-state index >= 15 is 0 Å². The Labute approximate surface area is 137 Å². The van der Waals surface area contributed by atoms with Crippen molar-refractivity contribution in [3.8, 4) is 5.75 Å². The smallest absolute Gasteiger partial charge is 0.259 e. The predicted molar refractivity (Wildman–Crippen MR) is 88.7 cm³/mol. The van der Waals surface area contributed by atoms with Crippen molar-refractivity contribution in [2.75, 3.05) is 13.7 Å². The van der Waals surface area contributed by atoms with Crippen LogP contribution in [0.2, 0.25) is 0 Å². The van der Waals surface area contributed by atoms with Crippen LogP contribution in [-0.4, -0.2) is 29.6 Å². The quantitative estimate of drug-likeness (QED) is 0.814. The Morgan fingerprint density at radius 3 is 2.52 bits per heavy atom. The predicted octanol–water partition coefficient (Wildman–Crippen LogP) is 3.78. The zero-order valence-electron chi connectivity index (χ0n) is 14.4. The standard InChI is InChI=1S/C18H24N2O3/c1-6-22-15-9-7-14(8-10-15)11-20(5)18(21)16-13(4)19-23-17(16)12(2)3/h7-10,12H,6,11H2,1-5H3. The average molecular weight is 316 g/mol. The Morgan fingerprint density at radius 2 is 1.96 bits per heavy atom. The number of amides is 1. The molecule has 0 radical (unpaired) electrons. The molecule has 124 valence electrons. The van der Waals surface area contributed by atoms with Gasteiger partial charge in [-0.2, -0.15) is 0 Å². The van der Waals surface area contributed by atoms with Gasteiger partial charge < -0.3 is 14.2 Å². The van der Waals surface area contributed by atoms with Crippen LogP contribution in [0.4, 0.5) is 0 Å². The number of carbonyl (C=O) groups is 1. The first-order valence-electron chi connectivity index (χ1n) is 7.87. The highest BCUT2D eigenvalue weighted by molar-refractivity contribution is 5.96. The Kier molecular flexibility index (Phi) is 5.42. The summed E-state index contributed by atoms with van der Waals surface area (Å²) in [5, 5.41) is 3.94. The summed E-state index contributed by atoms with van der Waals surface area (Å²) >= 11 is 0. The Balaban J connectivity index is 2.12. The molecule has 0 saturated heterocycles. The van der Waals surface area contributed by atoms with Crippen LogP contribution < -0.4 is 4.74 Å². The molecule has 0 fully saturated rings. The SMILES string of the molecule is CCOc1ccc(CN(C)C(=O)c2c(C)noc2C(C)C)cc1. The van der Waals surface area contributed by atoms with Crippen LogP contribution in [0, 0.1) is 6.92 Å². The van der Waals surface area contributed by atoms with E-state index in [1.807, 2.05) is 45.0 Å². The van der Waals surface area contributed by atoms with E-state index < -0.39 is 0 Å². The van der Waals surface area contributed by atoms with Gasteiger partial charge in [0, 0.05) is 19.5 Å². The van der Waals surface area contributed by atoms with Crippen LogP contribution in [-0.2, 0) is 6.54 Å². The summed E-state index contributed by atoms with van der Waals surface area (Å²) in [5.41, 5.74) is 2.26. The molecule has 0 unspecified atom stereocenters. The first-order chi connectivity index (χ1) is 10.9. The number of hydrogen-bond acceptors (Lipinski definition) is 4. The lowest BCUT2D eigenvalue weighted by molar-refractivity contribution is 0.0781. The zero-order chi connectivity index (χ0) is 17.0. The topological polar surface area (TPSA) is 55.6 Å². The molecule has 1 heterocycles. The summed E-state index contributed by atoms with van der Waals surface area (Å²) in [7, 11) is 1.79. The van der Waals surface area contributed by atoms with E-state index in [4.69, 9.17) is 9.26 Å². The van der Waals surface area contributed by atoms with Crippen molar-refractivity contribution in [2.45, 2.75) is 40.2 Å². The summed E-state index contributed by atoms with van der Waals surface area (Å²) in [6.45, 7) is 8.89. The third-order valence-corrected chi connectivity index (χ3v) is 3.63. The second-order valence-electron chi connectivity index (χ2n) is 5.90. The van der Waals surface area contributed by atoms with Crippen molar-refractivity contribution in [3.05, 3.63) is 46.8 Å². The van der Waals surface area contributed by atoms with Crippen molar-refractivity contribution in [2.24, 2.45) is 0 Å². The minimum absolute atomic E-state index is 0.0682. The van der Waals surface area contributed by atoms with Crippen LogP contribution >= 0.6 is 0 Å². The number of carbonyl (C=O) groups excluding carboxylic acids is 1. The lowest BCUT2D eigenvalue weighted by Crippen LogP contribution is -2.27. The number of ether oxygens (including phenoxy) is 1. The van der Waals surface area contributed by atoms with E-state index in [2.05, 4.69) is 5.16 Å². The zero-order valence-corrected chi connectivity index (χ0v) is 14.4. The van der Waals surface area contributed by atoms with E-state index in [9.17, 15) is 4.79 Å². The molecule has 2 aromatic rings. The number of nitrogens with zero attached hydrogens (tertiary/aromatic N) is 2. The van der Waals surface area contributed by atoms with E-state index in [1.54, 1.807) is 18.9 Å². The molecule has 5 nitrogen and oxygen atoms in total. The molecule has 0 spiro atoms. The number of rotatable bonds is 6. The molecule has 0 aliphatic heterocycles. The number of aromatic nitrogens is 1. The molecule has 0 bridgehead atoms. The van der Waals surface area contributed by atoms with Gasteiger partial charge in [-0.3, -0.25) is 4.79 Å². The van der Waals surface area contributed by atoms with E-state index in [0.29, 0.717) is 30.2 Å². The van der Waals surface area contributed by atoms with Gasteiger partial charge in [-0.05, 0) is 31.5 Å². The highest BCUT2D eigenvalue weighted by atomic mass is 16.5. The Morgan fingerprint density at radius 1 is 1.30 bits per heavy atom. The van der Waals surface area contributed by atoms with Crippen LogP contribution in [0.25, 0.3) is 0 Å². The molecular weight excluding hydrogens is 292 g/mol. The maximum atomic E-state index is 12.7. The molecule has 5 heteroatoms. The van der Waals surface area contributed by atoms with Crippen LogP contribution in [0.5, 0.6) is 5.75 Å². The third kappa shape index (κ3) is 3.92. The minimum atomic E-state index is -0.0682. The highest BCUT2D eigenvalue weighted by Gasteiger charge is 2.25. The molecule has 0 aliphatic rings. The van der Waals surface area contributed by atoms with Gasteiger partial charge in [0.2, 0.25) is 0 Å². The number of benzene rings is 1. The molecule has 2 rings (SSSR count).